The number of hydrogen-bond acceptors (Lipinski definition) is 4. The van der Waals surface area contributed by atoms with E-state index in [2.05, 4.69) is 48.4 Å². The summed E-state index contributed by atoms with van der Waals surface area (Å²) in [6, 6.07) is 10.8. The van der Waals surface area contributed by atoms with Crippen molar-refractivity contribution in [2.75, 3.05) is 0 Å². The van der Waals surface area contributed by atoms with E-state index in [1.54, 1.807) is 11.3 Å². The predicted octanol–water partition coefficient (Wildman–Crippen LogP) is 4.35. The molecule has 0 fully saturated rings. The van der Waals surface area contributed by atoms with Gasteiger partial charge in [0.2, 0.25) is 0 Å². The highest BCUT2D eigenvalue weighted by atomic mass is 32.1. The lowest BCUT2D eigenvalue weighted by atomic mass is 9.97. The average Bonchev–Trinajstić information content (AvgIpc) is 3.19. The number of nitrogens with zero attached hydrogens (tertiary/aromatic N) is 1. The molecular formula is C21H25N3OS. The van der Waals surface area contributed by atoms with Crippen molar-refractivity contribution in [3.05, 3.63) is 62.5 Å². The highest BCUT2D eigenvalue weighted by molar-refractivity contribution is 7.18. The van der Waals surface area contributed by atoms with Gasteiger partial charge >= 0.3 is 0 Å². The number of aryl methyl sites for hydroxylation is 2. The molecule has 0 spiro atoms. The van der Waals surface area contributed by atoms with E-state index >= 15 is 0 Å². The fourth-order valence-corrected chi connectivity index (χ4v) is 5.13. The van der Waals surface area contributed by atoms with Crippen molar-refractivity contribution >= 4 is 21.6 Å². The van der Waals surface area contributed by atoms with Gasteiger partial charge in [0, 0.05) is 10.9 Å². The molecule has 2 heterocycles. The summed E-state index contributed by atoms with van der Waals surface area (Å²) in [5.74, 6) is 1.31. The molecule has 0 amide bonds. The number of nitrogens with one attached hydrogen (secondary N) is 2. The second kappa shape index (κ2) is 7.33. The zero-order valence-electron chi connectivity index (χ0n) is 15.3. The van der Waals surface area contributed by atoms with Crippen LogP contribution in [-0.4, -0.2) is 9.97 Å². The first-order valence-electron chi connectivity index (χ1n) is 9.43. The zero-order chi connectivity index (χ0) is 18.1. The van der Waals surface area contributed by atoms with Crippen molar-refractivity contribution in [1.29, 1.82) is 0 Å². The van der Waals surface area contributed by atoms with E-state index in [0.717, 1.165) is 41.7 Å². The van der Waals surface area contributed by atoms with E-state index in [-0.39, 0.29) is 11.6 Å². The summed E-state index contributed by atoms with van der Waals surface area (Å²) in [6.07, 6.45) is 4.31. The normalized spacial score (nSPS) is 14.9. The Morgan fingerprint density at radius 1 is 1.23 bits per heavy atom. The minimum absolute atomic E-state index is 0.0197. The molecular weight excluding hydrogens is 342 g/mol. The number of rotatable bonds is 6. The van der Waals surface area contributed by atoms with Crippen molar-refractivity contribution in [2.24, 2.45) is 5.92 Å². The van der Waals surface area contributed by atoms with Crippen LogP contribution in [-0.2, 0) is 19.4 Å². The standard InChI is InChI=1S/C21H25N3OS/c1-13(2)11-16(14-7-4-3-5-8-14)22-12-18-23-20(25)19-15-9-6-10-17(15)26-21(19)24-18/h3-5,7-8,13,16,22H,6,9-12H2,1-2H3,(H,23,24,25)/t16-/m0/s1. The Kier molecular flexibility index (Phi) is 4.92. The van der Waals surface area contributed by atoms with Crippen molar-refractivity contribution in [1.82, 2.24) is 15.3 Å². The number of aromatic nitrogens is 2. The molecule has 1 aliphatic rings. The van der Waals surface area contributed by atoms with Crippen LogP contribution in [0.2, 0.25) is 0 Å². The molecule has 0 radical (unpaired) electrons. The maximum absolute atomic E-state index is 12.6. The summed E-state index contributed by atoms with van der Waals surface area (Å²) in [6.45, 7) is 5.04. The first-order chi connectivity index (χ1) is 12.6. The second-order valence-corrected chi connectivity index (χ2v) is 8.61. The molecule has 0 saturated heterocycles. The summed E-state index contributed by atoms with van der Waals surface area (Å²) in [4.78, 5) is 22.6. The van der Waals surface area contributed by atoms with E-state index in [0.29, 0.717) is 12.5 Å². The van der Waals surface area contributed by atoms with Gasteiger partial charge in [-0.3, -0.25) is 4.79 Å². The van der Waals surface area contributed by atoms with E-state index in [4.69, 9.17) is 4.98 Å². The lowest BCUT2D eigenvalue weighted by molar-refractivity contribution is 0.424. The number of aromatic amines is 1. The lowest BCUT2D eigenvalue weighted by Crippen LogP contribution is -2.25. The minimum Gasteiger partial charge on any atom is -0.309 e. The van der Waals surface area contributed by atoms with Crippen molar-refractivity contribution in [2.45, 2.75) is 52.1 Å². The fraction of sp³-hybridized carbons (Fsp3) is 0.429. The van der Waals surface area contributed by atoms with Gasteiger partial charge < -0.3 is 10.3 Å². The molecule has 2 aromatic heterocycles. The summed E-state index contributed by atoms with van der Waals surface area (Å²) >= 11 is 1.70. The fourth-order valence-electron chi connectivity index (χ4n) is 3.84. The van der Waals surface area contributed by atoms with Crippen molar-refractivity contribution < 1.29 is 0 Å². The van der Waals surface area contributed by atoms with E-state index in [9.17, 15) is 4.79 Å². The third kappa shape index (κ3) is 3.46. The van der Waals surface area contributed by atoms with Crippen LogP contribution in [0.3, 0.4) is 0 Å². The molecule has 5 heteroatoms. The number of hydrogen-bond donors (Lipinski definition) is 2. The van der Waals surface area contributed by atoms with Crippen molar-refractivity contribution in [3.8, 4) is 0 Å². The van der Waals surface area contributed by atoms with Crippen LogP contribution in [0.25, 0.3) is 10.2 Å². The zero-order valence-corrected chi connectivity index (χ0v) is 16.2. The van der Waals surface area contributed by atoms with Gasteiger partial charge in [-0.2, -0.15) is 0 Å². The topological polar surface area (TPSA) is 57.8 Å². The maximum atomic E-state index is 12.6. The SMILES string of the molecule is CC(C)C[C@H](NCc1nc2sc3c(c2c(=O)[nH]1)CCC3)c1ccccc1. The van der Waals surface area contributed by atoms with Gasteiger partial charge in [0.15, 0.2) is 0 Å². The number of H-pyrrole nitrogens is 1. The first-order valence-corrected chi connectivity index (χ1v) is 10.2. The molecule has 4 nitrogen and oxygen atoms in total. The van der Waals surface area contributed by atoms with E-state index < -0.39 is 0 Å². The van der Waals surface area contributed by atoms with Crippen LogP contribution in [0.5, 0.6) is 0 Å². The third-order valence-electron chi connectivity index (χ3n) is 5.05. The van der Waals surface area contributed by atoms with Crippen LogP contribution in [0.4, 0.5) is 0 Å². The Balaban J connectivity index is 1.57. The second-order valence-electron chi connectivity index (χ2n) is 7.52. The average molecular weight is 368 g/mol. The minimum atomic E-state index is 0.0197. The van der Waals surface area contributed by atoms with E-state index in [1.165, 1.54) is 16.0 Å². The highest BCUT2D eigenvalue weighted by Crippen LogP contribution is 2.34. The Morgan fingerprint density at radius 2 is 2.04 bits per heavy atom. The van der Waals surface area contributed by atoms with Gasteiger partial charge in [-0.05, 0) is 42.7 Å². The van der Waals surface area contributed by atoms with Gasteiger partial charge in [0.25, 0.3) is 5.56 Å². The maximum Gasteiger partial charge on any atom is 0.259 e. The predicted molar refractivity (Wildman–Crippen MR) is 108 cm³/mol. The van der Waals surface area contributed by atoms with Crippen LogP contribution >= 0.6 is 11.3 Å². The highest BCUT2D eigenvalue weighted by Gasteiger charge is 2.21. The number of thiophene rings is 1. The molecule has 4 rings (SSSR count). The molecule has 0 saturated carbocycles. The van der Waals surface area contributed by atoms with Gasteiger partial charge in [0.1, 0.15) is 10.7 Å². The quantitative estimate of drug-likeness (QED) is 0.681. The van der Waals surface area contributed by atoms with E-state index in [1.807, 2.05) is 6.07 Å². The molecule has 0 aliphatic heterocycles. The van der Waals surface area contributed by atoms with Gasteiger partial charge in [-0.15, -0.1) is 11.3 Å². The Morgan fingerprint density at radius 3 is 2.81 bits per heavy atom. The molecule has 26 heavy (non-hydrogen) atoms. The van der Waals surface area contributed by atoms with Gasteiger partial charge in [-0.25, -0.2) is 4.98 Å². The van der Waals surface area contributed by atoms with Crippen LogP contribution in [0, 0.1) is 5.92 Å². The molecule has 1 aliphatic carbocycles. The Hall–Kier alpha value is -1.98. The molecule has 3 aromatic rings. The first kappa shape index (κ1) is 17.4. The molecule has 0 bridgehead atoms. The summed E-state index contributed by atoms with van der Waals surface area (Å²) < 4.78 is 0. The Labute approximate surface area is 157 Å². The third-order valence-corrected chi connectivity index (χ3v) is 6.23. The van der Waals surface area contributed by atoms with Crippen LogP contribution in [0.1, 0.15) is 54.6 Å². The van der Waals surface area contributed by atoms with Gasteiger partial charge in [0.05, 0.1) is 11.9 Å². The Bertz CT molecular complexity index is 959. The molecule has 0 unspecified atom stereocenters. The summed E-state index contributed by atoms with van der Waals surface area (Å²) in [5.41, 5.74) is 2.53. The smallest absolute Gasteiger partial charge is 0.259 e. The summed E-state index contributed by atoms with van der Waals surface area (Å²) in [5, 5.41) is 4.42. The van der Waals surface area contributed by atoms with Crippen LogP contribution < -0.4 is 10.9 Å². The monoisotopic (exact) mass is 367 g/mol. The van der Waals surface area contributed by atoms with Crippen molar-refractivity contribution in [3.63, 3.8) is 0 Å². The molecule has 136 valence electrons. The number of benzene rings is 1. The molecule has 1 atom stereocenters. The lowest BCUT2D eigenvalue weighted by Gasteiger charge is -2.21. The largest absolute Gasteiger partial charge is 0.309 e. The van der Waals surface area contributed by atoms with Crippen LogP contribution in [0.15, 0.2) is 35.1 Å². The molecule has 1 aromatic carbocycles. The molecule has 2 N–H and O–H groups in total. The summed E-state index contributed by atoms with van der Waals surface area (Å²) in [7, 11) is 0. The number of fused-ring (bicyclic) bond motifs is 3. The van der Waals surface area contributed by atoms with Gasteiger partial charge in [-0.1, -0.05) is 44.2 Å².